The molecule has 0 atom stereocenters. The molecule has 1 aliphatic rings. The van der Waals surface area contributed by atoms with Gasteiger partial charge in [0.1, 0.15) is 0 Å². The normalized spacial score (nSPS) is 14.7. The zero-order valence-corrected chi connectivity index (χ0v) is 14.7. The van der Waals surface area contributed by atoms with E-state index in [1.54, 1.807) is 0 Å². The third-order valence-corrected chi connectivity index (χ3v) is 4.44. The van der Waals surface area contributed by atoms with Crippen LogP contribution in [0.15, 0.2) is 24.3 Å². The first kappa shape index (κ1) is 17.4. The Balaban J connectivity index is 1.89. The number of piperazine rings is 1. The van der Waals surface area contributed by atoms with Crippen LogP contribution in [-0.2, 0) is 0 Å². The number of amides is 2. The van der Waals surface area contributed by atoms with Crippen LogP contribution in [-0.4, -0.2) is 56.7 Å². The highest BCUT2D eigenvalue weighted by atomic mass is 16.2. The van der Waals surface area contributed by atoms with Crippen LogP contribution >= 0.6 is 0 Å². The van der Waals surface area contributed by atoms with E-state index in [1.165, 1.54) is 11.4 Å². The van der Waals surface area contributed by atoms with Crippen molar-refractivity contribution in [2.24, 2.45) is 0 Å². The summed E-state index contributed by atoms with van der Waals surface area (Å²) in [5.41, 5.74) is 2.52. The first-order valence-electron chi connectivity index (χ1n) is 8.82. The molecule has 0 spiro atoms. The fraction of sp³-hybridized carbons (Fsp3) is 0.611. The molecule has 5 nitrogen and oxygen atoms in total. The summed E-state index contributed by atoms with van der Waals surface area (Å²) in [6, 6.07) is 8.86. The minimum Gasteiger partial charge on any atom is -0.372 e. The van der Waals surface area contributed by atoms with Gasteiger partial charge in [0.25, 0.3) is 0 Å². The molecular formula is C18H30N4O. The number of benzene rings is 1. The maximum absolute atomic E-state index is 12.0. The minimum absolute atomic E-state index is 0.0726. The van der Waals surface area contributed by atoms with Gasteiger partial charge < -0.3 is 20.0 Å². The van der Waals surface area contributed by atoms with E-state index in [2.05, 4.69) is 60.2 Å². The van der Waals surface area contributed by atoms with Gasteiger partial charge in [-0.1, -0.05) is 6.92 Å². The molecule has 1 N–H and O–H groups in total. The van der Waals surface area contributed by atoms with Gasteiger partial charge in [-0.15, -0.1) is 0 Å². The Labute approximate surface area is 140 Å². The molecular weight excluding hydrogens is 288 g/mol. The topological polar surface area (TPSA) is 38.8 Å². The number of urea groups is 1. The van der Waals surface area contributed by atoms with E-state index >= 15 is 0 Å². The second-order valence-corrected chi connectivity index (χ2v) is 5.89. The molecule has 1 heterocycles. The van der Waals surface area contributed by atoms with E-state index < -0.39 is 0 Å². The monoisotopic (exact) mass is 318 g/mol. The van der Waals surface area contributed by atoms with Gasteiger partial charge in [-0.3, -0.25) is 0 Å². The summed E-state index contributed by atoms with van der Waals surface area (Å²) in [5, 5.41) is 2.95. The smallest absolute Gasteiger partial charge is 0.317 e. The Morgan fingerprint density at radius 2 is 1.65 bits per heavy atom. The molecule has 128 valence electrons. The van der Waals surface area contributed by atoms with Crippen molar-refractivity contribution in [2.45, 2.75) is 27.2 Å². The predicted octanol–water partition coefficient (Wildman–Crippen LogP) is 2.77. The number of nitrogens with one attached hydrogen (secondary N) is 1. The molecule has 0 saturated carbocycles. The van der Waals surface area contributed by atoms with Crippen molar-refractivity contribution >= 4 is 17.4 Å². The second-order valence-electron chi connectivity index (χ2n) is 5.89. The van der Waals surface area contributed by atoms with Gasteiger partial charge in [-0.05, 0) is 44.5 Å². The van der Waals surface area contributed by atoms with E-state index in [9.17, 15) is 4.79 Å². The Hall–Kier alpha value is -1.91. The summed E-state index contributed by atoms with van der Waals surface area (Å²) in [6.45, 7) is 12.6. The van der Waals surface area contributed by atoms with Crippen molar-refractivity contribution in [3.63, 3.8) is 0 Å². The molecule has 1 aliphatic heterocycles. The molecule has 2 rings (SSSR count). The number of hydrogen-bond acceptors (Lipinski definition) is 3. The van der Waals surface area contributed by atoms with Crippen LogP contribution in [0.3, 0.4) is 0 Å². The van der Waals surface area contributed by atoms with E-state index in [0.717, 1.165) is 52.2 Å². The van der Waals surface area contributed by atoms with Gasteiger partial charge in [-0.2, -0.15) is 0 Å². The van der Waals surface area contributed by atoms with E-state index in [0.29, 0.717) is 0 Å². The summed E-state index contributed by atoms with van der Waals surface area (Å²) in [5.74, 6) is 0. The SMILES string of the molecule is CCCNC(=O)N1CCN(c2ccc(N(CC)CC)cc2)CC1. The van der Waals surface area contributed by atoms with Gasteiger partial charge >= 0.3 is 6.03 Å². The average Bonchev–Trinajstić information content (AvgIpc) is 2.61. The number of carbonyl (C=O) groups is 1. The highest BCUT2D eigenvalue weighted by Gasteiger charge is 2.20. The first-order valence-corrected chi connectivity index (χ1v) is 8.82. The summed E-state index contributed by atoms with van der Waals surface area (Å²) in [6.07, 6.45) is 0.977. The van der Waals surface area contributed by atoms with Crippen molar-refractivity contribution < 1.29 is 4.79 Å². The second kappa shape index (κ2) is 8.65. The van der Waals surface area contributed by atoms with Gasteiger partial charge in [-0.25, -0.2) is 4.79 Å². The van der Waals surface area contributed by atoms with Crippen molar-refractivity contribution in [1.29, 1.82) is 0 Å². The maximum Gasteiger partial charge on any atom is 0.317 e. The number of rotatable bonds is 6. The van der Waals surface area contributed by atoms with Gasteiger partial charge in [0.2, 0.25) is 0 Å². The fourth-order valence-electron chi connectivity index (χ4n) is 2.97. The van der Waals surface area contributed by atoms with E-state index in [4.69, 9.17) is 0 Å². The van der Waals surface area contributed by atoms with Crippen LogP contribution in [0.1, 0.15) is 27.2 Å². The van der Waals surface area contributed by atoms with Gasteiger partial charge in [0.15, 0.2) is 0 Å². The molecule has 1 aromatic carbocycles. The molecule has 2 amide bonds. The molecule has 1 saturated heterocycles. The van der Waals surface area contributed by atoms with Crippen LogP contribution in [0.5, 0.6) is 0 Å². The number of hydrogen-bond donors (Lipinski definition) is 1. The Kier molecular flexibility index (Phi) is 6.56. The fourth-order valence-corrected chi connectivity index (χ4v) is 2.97. The highest BCUT2D eigenvalue weighted by Crippen LogP contribution is 2.21. The van der Waals surface area contributed by atoms with Crippen LogP contribution in [0, 0.1) is 0 Å². The molecule has 1 fully saturated rings. The zero-order chi connectivity index (χ0) is 16.7. The van der Waals surface area contributed by atoms with Crippen molar-refractivity contribution in [1.82, 2.24) is 10.2 Å². The van der Waals surface area contributed by atoms with Crippen molar-refractivity contribution in [3.05, 3.63) is 24.3 Å². The molecule has 0 radical (unpaired) electrons. The van der Waals surface area contributed by atoms with Crippen molar-refractivity contribution in [2.75, 3.05) is 55.6 Å². The largest absolute Gasteiger partial charge is 0.372 e. The summed E-state index contributed by atoms with van der Waals surface area (Å²) in [4.78, 5) is 18.6. The summed E-state index contributed by atoms with van der Waals surface area (Å²) in [7, 11) is 0. The van der Waals surface area contributed by atoms with Crippen molar-refractivity contribution in [3.8, 4) is 0 Å². The third kappa shape index (κ3) is 4.53. The highest BCUT2D eigenvalue weighted by molar-refractivity contribution is 5.74. The predicted molar refractivity (Wildman–Crippen MR) is 97.5 cm³/mol. The number of carbonyl (C=O) groups excluding carboxylic acids is 1. The van der Waals surface area contributed by atoms with Crippen LogP contribution < -0.4 is 15.1 Å². The molecule has 23 heavy (non-hydrogen) atoms. The lowest BCUT2D eigenvalue weighted by molar-refractivity contribution is 0.194. The van der Waals surface area contributed by atoms with Gasteiger partial charge in [0.05, 0.1) is 0 Å². The Bertz CT molecular complexity index is 476. The van der Waals surface area contributed by atoms with E-state index in [1.807, 2.05) is 4.90 Å². The molecule has 1 aromatic rings. The zero-order valence-electron chi connectivity index (χ0n) is 14.7. The lowest BCUT2D eigenvalue weighted by Crippen LogP contribution is -2.52. The van der Waals surface area contributed by atoms with Gasteiger partial charge in [0, 0.05) is 57.2 Å². The lowest BCUT2D eigenvalue weighted by atomic mass is 10.2. The molecule has 0 bridgehead atoms. The quantitative estimate of drug-likeness (QED) is 0.876. The maximum atomic E-state index is 12.0. The first-order chi connectivity index (χ1) is 11.2. The standard InChI is InChI=1S/C18H30N4O/c1-4-11-19-18(23)22-14-12-21(13-15-22)17-9-7-16(8-10-17)20(5-2)6-3/h7-10H,4-6,11-15H2,1-3H3,(H,19,23). The van der Waals surface area contributed by atoms with Crippen LogP contribution in [0.2, 0.25) is 0 Å². The summed E-state index contributed by atoms with van der Waals surface area (Å²) < 4.78 is 0. The molecule has 0 unspecified atom stereocenters. The van der Waals surface area contributed by atoms with E-state index in [-0.39, 0.29) is 6.03 Å². The Morgan fingerprint density at radius 3 is 2.17 bits per heavy atom. The number of anilines is 2. The number of nitrogens with zero attached hydrogens (tertiary/aromatic N) is 3. The average molecular weight is 318 g/mol. The van der Waals surface area contributed by atoms with Crippen LogP contribution in [0.25, 0.3) is 0 Å². The summed E-state index contributed by atoms with van der Waals surface area (Å²) >= 11 is 0. The lowest BCUT2D eigenvalue weighted by Gasteiger charge is -2.36. The molecule has 5 heteroatoms. The molecule has 0 aromatic heterocycles. The van der Waals surface area contributed by atoms with Crippen LogP contribution in [0.4, 0.5) is 16.2 Å². The minimum atomic E-state index is 0.0726. The Morgan fingerprint density at radius 1 is 1.04 bits per heavy atom. The molecule has 0 aliphatic carbocycles. The third-order valence-electron chi connectivity index (χ3n) is 4.44.